The van der Waals surface area contributed by atoms with Crippen LogP contribution in [0, 0.1) is 0 Å². The second-order valence-electron chi connectivity index (χ2n) is 14.4. The number of aliphatic carboxylic acids is 1. The van der Waals surface area contributed by atoms with Gasteiger partial charge in [-0.15, -0.1) is 11.8 Å². The van der Waals surface area contributed by atoms with E-state index in [0.717, 1.165) is 5.56 Å². The van der Waals surface area contributed by atoms with Crippen molar-refractivity contribution < 1.29 is 34.2 Å². The zero-order chi connectivity index (χ0) is 39.2. The van der Waals surface area contributed by atoms with Gasteiger partial charge in [0.15, 0.2) is 0 Å². The molecule has 1 unspecified atom stereocenters. The van der Waals surface area contributed by atoms with Crippen LogP contribution in [0.4, 0.5) is 5.69 Å². The topological polar surface area (TPSA) is 206 Å². The van der Waals surface area contributed by atoms with Crippen LogP contribution >= 0.6 is 11.8 Å². The molecule has 1 aromatic heterocycles. The standard InChI is InChI=1S/C40H40N6O8S/c1-40(2)33(39(53)54)46-37(52)32(38(46)55-40)45(36(51)31(41)24-10-15-27(47)16-11-24)21-25-12-17-28(43-34(25)49)23-8-13-26(14-9-23)44(20-22-6-4-3-5-7-22)35(50)29-18-19-30(48)42-29/h3-17,29,31-33,38,47H,18-21,41H2,1-2H3,(H,42,48)(H,43,49)(H,53,54)/t29-,31?,32+,33-,38+/m0/s1. The van der Waals surface area contributed by atoms with Gasteiger partial charge in [-0.25, -0.2) is 4.79 Å². The van der Waals surface area contributed by atoms with E-state index in [0.29, 0.717) is 28.9 Å². The lowest BCUT2D eigenvalue weighted by molar-refractivity contribution is -0.169. The average Bonchev–Trinajstić information content (AvgIpc) is 3.72. The molecule has 4 heterocycles. The Hall–Kier alpha value is -5.93. The smallest absolute Gasteiger partial charge is 0.327 e. The average molecular weight is 765 g/mol. The molecule has 6 N–H and O–H groups in total. The minimum atomic E-state index is -1.24. The highest BCUT2D eigenvalue weighted by atomic mass is 32.2. The summed E-state index contributed by atoms with van der Waals surface area (Å²) in [6, 6.07) is 21.5. The number of pyridine rings is 1. The fourth-order valence-electron chi connectivity index (χ4n) is 7.45. The van der Waals surface area contributed by atoms with Gasteiger partial charge in [-0.05, 0) is 73.4 Å². The zero-order valence-corrected chi connectivity index (χ0v) is 30.9. The number of anilines is 1. The number of benzene rings is 3. The van der Waals surface area contributed by atoms with Crippen molar-refractivity contribution in [3.05, 3.63) is 118 Å². The summed E-state index contributed by atoms with van der Waals surface area (Å²) in [5.41, 5.74) is 9.08. The molecular formula is C40H40N6O8S. The molecule has 3 aliphatic rings. The Kier molecular flexibility index (Phi) is 10.0. The van der Waals surface area contributed by atoms with Gasteiger partial charge in [-0.2, -0.15) is 0 Å². The predicted octanol–water partition coefficient (Wildman–Crippen LogP) is 3.10. The molecule has 7 rings (SSSR count). The first-order valence-electron chi connectivity index (χ1n) is 17.8. The van der Waals surface area contributed by atoms with E-state index in [9.17, 15) is 39.0 Å². The van der Waals surface area contributed by atoms with Crippen molar-refractivity contribution in [2.75, 3.05) is 4.90 Å². The number of nitrogens with one attached hydrogen (secondary N) is 2. The van der Waals surface area contributed by atoms with Gasteiger partial charge >= 0.3 is 5.97 Å². The number of aromatic hydroxyl groups is 1. The number of carboxylic acids is 1. The second-order valence-corrected chi connectivity index (χ2v) is 16.2. The van der Waals surface area contributed by atoms with E-state index in [2.05, 4.69) is 10.3 Å². The van der Waals surface area contributed by atoms with Crippen LogP contribution in [-0.4, -0.2) is 82.8 Å². The maximum atomic E-state index is 14.1. The van der Waals surface area contributed by atoms with E-state index in [-0.39, 0.29) is 42.6 Å². The van der Waals surface area contributed by atoms with Crippen molar-refractivity contribution in [2.24, 2.45) is 5.73 Å². The number of thioether (sulfide) groups is 1. The molecule has 3 aromatic carbocycles. The number of H-pyrrole nitrogens is 1. The van der Waals surface area contributed by atoms with Gasteiger partial charge in [0.1, 0.15) is 35.3 Å². The van der Waals surface area contributed by atoms with E-state index in [1.54, 1.807) is 55.1 Å². The SMILES string of the molecule is CC1(C)S[C@@H]2[C@H](N(Cc3ccc(-c4ccc(N(Cc5ccccc5)C(=O)[C@@H]5CCC(=O)N5)cc4)[nH]c3=O)C(=O)C(N)c3ccc(O)cc3)C(=O)N2[C@H]1C(=O)O. The lowest BCUT2D eigenvalue weighted by atomic mass is 9.94. The largest absolute Gasteiger partial charge is 0.508 e. The third kappa shape index (κ3) is 7.20. The van der Waals surface area contributed by atoms with Crippen molar-refractivity contribution in [3.8, 4) is 17.0 Å². The summed E-state index contributed by atoms with van der Waals surface area (Å²) in [5, 5.41) is 21.8. The van der Waals surface area contributed by atoms with Crippen LogP contribution in [0.1, 0.15) is 49.4 Å². The number of β-lactam (4-membered cyclic amide) rings is 1. The van der Waals surface area contributed by atoms with E-state index in [4.69, 9.17) is 5.73 Å². The van der Waals surface area contributed by atoms with Crippen molar-refractivity contribution in [3.63, 3.8) is 0 Å². The molecular weight excluding hydrogens is 725 g/mol. The summed E-state index contributed by atoms with van der Waals surface area (Å²) >= 11 is 1.28. The first-order valence-corrected chi connectivity index (χ1v) is 18.7. The van der Waals surface area contributed by atoms with E-state index < -0.39 is 57.6 Å². The Labute approximate surface area is 320 Å². The zero-order valence-electron chi connectivity index (χ0n) is 30.0. The fraction of sp³-hybridized carbons (Fsp3) is 0.300. The van der Waals surface area contributed by atoms with Crippen molar-refractivity contribution in [1.82, 2.24) is 20.1 Å². The third-order valence-corrected chi connectivity index (χ3v) is 11.9. The molecule has 0 radical (unpaired) electrons. The number of carbonyl (C=O) groups is 5. The Morgan fingerprint density at radius 2 is 1.64 bits per heavy atom. The highest BCUT2D eigenvalue weighted by molar-refractivity contribution is 8.01. The number of nitrogens with zero attached hydrogens (tertiary/aromatic N) is 3. The van der Waals surface area contributed by atoms with Crippen LogP contribution in [0.25, 0.3) is 11.3 Å². The Bertz CT molecular complexity index is 2210. The molecule has 284 valence electrons. The van der Waals surface area contributed by atoms with Crippen LogP contribution in [0.15, 0.2) is 95.8 Å². The van der Waals surface area contributed by atoms with Gasteiger partial charge in [0, 0.05) is 28.1 Å². The summed E-state index contributed by atoms with van der Waals surface area (Å²) < 4.78 is -0.846. The van der Waals surface area contributed by atoms with Crippen molar-refractivity contribution in [2.45, 2.75) is 74.1 Å². The molecule has 55 heavy (non-hydrogen) atoms. The minimum Gasteiger partial charge on any atom is -0.508 e. The molecule has 4 aromatic rings. The van der Waals surface area contributed by atoms with Crippen LogP contribution in [0.5, 0.6) is 5.75 Å². The van der Waals surface area contributed by atoms with Crippen LogP contribution < -0.4 is 21.5 Å². The first-order chi connectivity index (χ1) is 26.2. The van der Waals surface area contributed by atoms with Crippen LogP contribution in [-0.2, 0) is 37.1 Å². The normalized spacial score (nSPS) is 21.6. The number of aromatic amines is 1. The summed E-state index contributed by atoms with van der Waals surface area (Å²) in [7, 11) is 0. The van der Waals surface area contributed by atoms with Crippen molar-refractivity contribution in [1.29, 1.82) is 0 Å². The minimum absolute atomic E-state index is 0.0207. The van der Waals surface area contributed by atoms with E-state index in [1.165, 1.54) is 45.8 Å². The quantitative estimate of drug-likeness (QED) is 0.141. The number of phenols is 1. The number of carboxylic acid groups (broad SMARTS) is 1. The lowest BCUT2D eigenvalue weighted by Crippen LogP contribution is -2.71. The molecule has 3 aliphatic heterocycles. The molecule has 15 heteroatoms. The van der Waals surface area contributed by atoms with E-state index in [1.807, 2.05) is 30.3 Å². The number of nitrogens with two attached hydrogens (primary N) is 1. The van der Waals surface area contributed by atoms with Crippen LogP contribution in [0.2, 0.25) is 0 Å². The third-order valence-electron chi connectivity index (χ3n) is 10.3. The number of aromatic nitrogens is 1. The Morgan fingerprint density at radius 1 is 0.945 bits per heavy atom. The maximum absolute atomic E-state index is 14.1. The number of fused-ring (bicyclic) bond motifs is 1. The number of rotatable bonds is 11. The monoisotopic (exact) mass is 764 g/mol. The predicted molar refractivity (Wildman–Crippen MR) is 204 cm³/mol. The van der Waals surface area contributed by atoms with Crippen molar-refractivity contribution >= 4 is 47.0 Å². The second kappa shape index (κ2) is 14.7. The number of hydrogen-bond donors (Lipinski definition) is 5. The van der Waals surface area contributed by atoms with Gasteiger partial charge in [-0.1, -0.05) is 54.6 Å². The number of carbonyl (C=O) groups excluding carboxylic acids is 4. The maximum Gasteiger partial charge on any atom is 0.327 e. The fourth-order valence-corrected chi connectivity index (χ4v) is 9.14. The molecule has 0 spiro atoms. The summed E-state index contributed by atoms with van der Waals surface area (Å²) in [4.78, 5) is 86.2. The highest BCUT2D eigenvalue weighted by Gasteiger charge is 2.66. The first kappa shape index (κ1) is 37.4. The summed E-state index contributed by atoms with van der Waals surface area (Å²) in [6.07, 6.45) is 0.696. The van der Waals surface area contributed by atoms with Crippen LogP contribution in [0.3, 0.4) is 0 Å². The lowest BCUT2D eigenvalue weighted by Gasteiger charge is -2.48. The molecule has 0 bridgehead atoms. The molecule has 5 atom stereocenters. The number of hydrogen-bond acceptors (Lipinski definition) is 9. The summed E-state index contributed by atoms with van der Waals surface area (Å²) in [6.45, 7) is 3.47. The van der Waals surface area contributed by atoms with Gasteiger partial charge in [0.25, 0.3) is 5.56 Å². The molecule has 3 fully saturated rings. The number of amides is 4. The Morgan fingerprint density at radius 3 is 2.25 bits per heavy atom. The van der Waals surface area contributed by atoms with Gasteiger partial charge in [-0.3, -0.25) is 24.0 Å². The molecule has 14 nitrogen and oxygen atoms in total. The number of phenolic OH excluding ortho intramolecular Hbond substituents is 1. The van der Waals surface area contributed by atoms with E-state index >= 15 is 0 Å². The molecule has 0 aliphatic carbocycles. The summed E-state index contributed by atoms with van der Waals surface area (Å²) in [5.74, 6) is -2.76. The molecule has 3 saturated heterocycles. The molecule has 0 saturated carbocycles. The highest BCUT2D eigenvalue weighted by Crippen LogP contribution is 2.52. The molecule has 4 amide bonds. The van der Waals surface area contributed by atoms with Gasteiger partial charge in [0.2, 0.25) is 23.6 Å². The van der Waals surface area contributed by atoms with Gasteiger partial charge in [0.05, 0.1) is 13.1 Å². The Balaban J connectivity index is 1.15. The van der Waals surface area contributed by atoms with Gasteiger partial charge < -0.3 is 40.9 Å².